The van der Waals surface area contributed by atoms with Crippen LogP contribution in [-0.4, -0.2) is 6.61 Å². The summed E-state index contributed by atoms with van der Waals surface area (Å²) in [5.74, 6) is -4.29. The number of nitrogens with one attached hydrogen (secondary N) is 1. The van der Waals surface area contributed by atoms with Gasteiger partial charge in [0.2, 0.25) is 0 Å². The van der Waals surface area contributed by atoms with Crippen LogP contribution in [0.2, 0.25) is 0 Å². The van der Waals surface area contributed by atoms with Crippen molar-refractivity contribution >= 4 is 5.69 Å². The second-order valence-electron chi connectivity index (χ2n) is 4.10. The Hall–Kier alpha value is -2.31. The molecule has 0 spiro atoms. The number of hydrogen-bond acceptors (Lipinski definition) is 2. The minimum absolute atomic E-state index is 0.0856. The van der Waals surface area contributed by atoms with Crippen molar-refractivity contribution in [3.63, 3.8) is 0 Å². The van der Waals surface area contributed by atoms with Crippen LogP contribution in [-0.2, 0) is 6.54 Å². The Labute approximate surface area is 117 Å². The van der Waals surface area contributed by atoms with Crippen molar-refractivity contribution in [2.45, 2.75) is 13.2 Å². The lowest BCUT2D eigenvalue weighted by Gasteiger charge is -2.12. The lowest BCUT2D eigenvalue weighted by atomic mass is 10.2. The maximum atomic E-state index is 13.1. The molecular formula is C14H10F5NO. The quantitative estimate of drug-likeness (QED) is 0.656. The molecule has 0 atom stereocenters. The fraction of sp³-hybridized carbons (Fsp3) is 0.143. The minimum atomic E-state index is -2.99. The Morgan fingerprint density at radius 2 is 1.62 bits per heavy atom. The van der Waals surface area contributed by atoms with Crippen molar-refractivity contribution in [1.82, 2.24) is 0 Å². The Kier molecular flexibility index (Phi) is 4.62. The number of hydrogen-bond donors (Lipinski definition) is 1. The van der Waals surface area contributed by atoms with Gasteiger partial charge in [0.25, 0.3) is 0 Å². The first-order valence-electron chi connectivity index (χ1n) is 5.88. The third kappa shape index (κ3) is 3.84. The summed E-state index contributed by atoms with van der Waals surface area (Å²) in [6, 6.07) is 7.50. The lowest BCUT2D eigenvalue weighted by molar-refractivity contribution is -0.0493. The number of rotatable bonds is 5. The van der Waals surface area contributed by atoms with Crippen molar-refractivity contribution in [2.24, 2.45) is 0 Å². The highest BCUT2D eigenvalue weighted by molar-refractivity contribution is 5.56. The van der Waals surface area contributed by atoms with Gasteiger partial charge < -0.3 is 10.1 Å². The summed E-state index contributed by atoms with van der Waals surface area (Å²) in [4.78, 5) is 0. The van der Waals surface area contributed by atoms with Gasteiger partial charge in [0.05, 0.1) is 5.69 Å². The first-order valence-corrected chi connectivity index (χ1v) is 5.88. The van der Waals surface area contributed by atoms with E-state index in [1.165, 1.54) is 18.2 Å². The van der Waals surface area contributed by atoms with Crippen LogP contribution in [0, 0.1) is 17.5 Å². The SMILES string of the molecule is Fc1cc(CNc2ccccc2OC(F)F)cc(F)c1F. The molecule has 0 unspecified atom stereocenters. The zero-order chi connectivity index (χ0) is 15.4. The van der Waals surface area contributed by atoms with E-state index >= 15 is 0 Å². The van der Waals surface area contributed by atoms with Gasteiger partial charge in [0, 0.05) is 6.54 Å². The van der Waals surface area contributed by atoms with E-state index in [2.05, 4.69) is 10.1 Å². The van der Waals surface area contributed by atoms with Crippen LogP contribution in [0.5, 0.6) is 5.75 Å². The van der Waals surface area contributed by atoms with Crippen molar-refractivity contribution in [2.75, 3.05) is 5.32 Å². The average molecular weight is 303 g/mol. The molecule has 0 saturated carbocycles. The first kappa shape index (κ1) is 15.1. The third-order valence-electron chi connectivity index (χ3n) is 2.63. The summed E-state index contributed by atoms with van der Waals surface area (Å²) < 4.78 is 67.7. The number of anilines is 1. The van der Waals surface area contributed by atoms with Crippen LogP contribution in [0.15, 0.2) is 36.4 Å². The molecule has 0 aliphatic carbocycles. The summed E-state index contributed by atoms with van der Waals surface area (Å²) in [7, 11) is 0. The highest BCUT2D eigenvalue weighted by atomic mass is 19.3. The molecule has 112 valence electrons. The predicted octanol–water partition coefficient (Wildman–Crippen LogP) is 4.32. The second-order valence-corrected chi connectivity index (χ2v) is 4.10. The van der Waals surface area contributed by atoms with Crippen molar-refractivity contribution in [3.05, 3.63) is 59.4 Å². The molecule has 0 radical (unpaired) electrons. The monoisotopic (exact) mass is 303 g/mol. The van der Waals surface area contributed by atoms with Gasteiger partial charge in [-0.15, -0.1) is 0 Å². The van der Waals surface area contributed by atoms with Gasteiger partial charge in [-0.05, 0) is 29.8 Å². The van der Waals surface area contributed by atoms with E-state index in [9.17, 15) is 22.0 Å². The highest BCUT2D eigenvalue weighted by Gasteiger charge is 2.12. The molecule has 0 aliphatic rings. The summed E-state index contributed by atoms with van der Waals surface area (Å²) >= 11 is 0. The summed E-state index contributed by atoms with van der Waals surface area (Å²) in [5, 5.41) is 2.69. The molecule has 2 nitrogen and oxygen atoms in total. The zero-order valence-electron chi connectivity index (χ0n) is 10.5. The lowest BCUT2D eigenvalue weighted by Crippen LogP contribution is -2.07. The van der Waals surface area contributed by atoms with Crippen LogP contribution in [0.4, 0.5) is 27.6 Å². The van der Waals surface area contributed by atoms with E-state index < -0.39 is 24.1 Å². The normalized spacial score (nSPS) is 10.8. The third-order valence-corrected chi connectivity index (χ3v) is 2.63. The number of ether oxygens (including phenoxy) is 1. The smallest absolute Gasteiger partial charge is 0.387 e. The zero-order valence-corrected chi connectivity index (χ0v) is 10.5. The molecule has 0 aromatic heterocycles. The molecule has 7 heteroatoms. The number of para-hydroxylation sites is 2. The molecule has 21 heavy (non-hydrogen) atoms. The molecule has 0 heterocycles. The van der Waals surface area contributed by atoms with Gasteiger partial charge in [-0.2, -0.15) is 8.78 Å². The molecule has 2 rings (SSSR count). The van der Waals surface area contributed by atoms with Crippen LogP contribution < -0.4 is 10.1 Å². The van der Waals surface area contributed by atoms with Crippen molar-refractivity contribution in [3.8, 4) is 5.75 Å². The van der Waals surface area contributed by atoms with Crippen molar-refractivity contribution in [1.29, 1.82) is 0 Å². The second kappa shape index (κ2) is 6.43. The summed E-state index contributed by atoms with van der Waals surface area (Å²) in [6.45, 7) is -3.08. The fourth-order valence-electron chi connectivity index (χ4n) is 1.72. The van der Waals surface area contributed by atoms with Gasteiger partial charge >= 0.3 is 6.61 Å². The van der Waals surface area contributed by atoms with Gasteiger partial charge in [0.15, 0.2) is 17.5 Å². The van der Waals surface area contributed by atoms with Gasteiger partial charge in [-0.1, -0.05) is 12.1 Å². The van der Waals surface area contributed by atoms with E-state index in [1.807, 2.05) is 0 Å². The topological polar surface area (TPSA) is 21.3 Å². The highest BCUT2D eigenvalue weighted by Crippen LogP contribution is 2.26. The molecule has 2 aromatic carbocycles. The Balaban J connectivity index is 2.13. The number of alkyl halides is 2. The van der Waals surface area contributed by atoms with Gasteiger partial charge in [-0.25, -0.2) is 13.2 Å². The molecule has 2 aromatic rings. The molecule has 0 fully saturated rings. The van der Waals surface area contributed by atoms with Crippen molar-refractivity contribution < 1.29 is 26.7 Å². The fourth-order valence-corrected chi connectivity index (χ4v) is 1.72. The molecule has 0 aliphatic heterocycles. The molecule has 0 amide bonds. The van der Waals surface area contributed by atoms with Crippen LogP contribution in [0.1, 0.15) is 5.56 Å². The predicted molar refractivity (Wildman–Crippen MR) is 66.7 cm³/mol. The van der Waals surface area contributed by atoms with Crippen LogP contribution >= 0.6 is 0 Å². The Morgan fingerprint density at radius 3 is 2.24 bits per heavy atom. The van der Waals surface area contributed by atoms with E-state index in [-0.39, 0.29) is 23.5 Å². The van der Waals surface area contributed by atoms with E-state index in [1.54, 1.807) is 6.07 Å². The maximum Gasteiger partial charge on any atom is 0.387 e. The van der Waals surface area contributed by atoms with E-state index in [0.29, 0.717) is 0 Å². The Morgan fingerprint density at radius 1 is 1.00 bits per heavy atom. The standard InChI is InChI=1S/C14H10F5NO/c15-9-5-8(6-10(16)13(9)17)7-20-11-3-1-2-4-12(11)21-14(18)19/h1-6,14,20H,7H2. The van der Waals surface area contributed by atoms with Crippen LogP contribution in [0.25, 0.3) is 0 Å². The molecule has 0 saturated heterocycles. The number of halogens is 5. The molecular weight excluding hydrogens is 293 g/mol. The summed E-state index contributed by atoms with van der Waals surface area (Å²) in [5.41, 5.74) is 0.348. The largest absolute Gasteiger partial charge is 0.433 e. The number of benzene rings is 2. The van der Waals surface area contributed by atoms with Crippen LogP contribution in [0.3, 0.4) is 0 Å². The average Bonchev–Trinajstić information content (AvgIpc) is 2.43. The minimum Gasteiger partial charge on any atom is -0.433 e. The van der Waals surface area contributed by atoms with E-state index in [4.69, 9.17) is 0 Å². The Bertz CT molecular complexity index is 610. The van der Waals surface area contributed by atoms with E-state index in [0.717, 1.165) is 12.1 Å². The van der Waals surface area contributed by atoms with Gasteiger partial charge in [0.1, 0.15) is 5.75 Å². The summed E-state index contributed by atoms with van der Waals surface area (Å²) in [6.07, 6.45) is 0. The van der Waals surface area contributed by atoms with Gasteiger partial charge in [-0.3, -0.25) is 0 Å². The molecule has 1 N–H and O–H groups in total. The molecule has 0 bridgehead atoms. The first-order chi connectivity index (χ1) is 9.97. The maximum absolute atomic E-state index is 13.1.